The summed E-state index contributed by atoms with van der Waals surface area (Å²) in [5, 5.41) is 13.7. The fourth-order valence-corrected chi connectivity index (χ4v) is 2.95. The molecular formula is C22H16N2O3. The number of furan rings is 1. The maximum Gasteiger partial charge on any atom is 0.265 e. The number of carbonyl (C=O) groups is 1. The molecule has 1 N–H and O–H groups in total. The second-order valence-corrected chi connectivity index (χ2v) is 6.20. The number of hydrogen-bond donors (Lipinski definition) is 1. The first-order valence-electron chi connectivity index (χ1n) is 8.53. The Kier molecular flexibility index (Phi) is 4.23. The number of ether oxygens (including phenoxy) is 1. The molecule has 5 nitrogen and oxygen atoms in total. The van der Waals surface area contributed by atoms with Crippen LogP contribution in [0.15, 0.2) is 71.1 Å². The molecule has 0 saturated carbocycles. The highest BCUT2D eigenvalue weighted by atomic mass is 16.5. The summed E-state index contributed by atoms with van der Waals surface area (Å²) in [5.41, 5.74) is 2.63. The molecule has 0 unspecified atom stereocenters. The van der Waals surface area contributed by atoms with Gasteiger partial charge in [0.1, 0.15) is 16.9 Å². The summed E-state index contributed by atoms with van der Waals surface area (Å²) in [6, 6.07) is 22.1. The highest BCUT2D eigenvalue weighted by Crippen LogP contribution is 2.31. The molecule has 1 heterocycles. The van der Waals surface area contributed by atoms with Crippen molar-refractivity contribution in [2.75, 3.05) is 5.32 Å². The van der Waals surface area contributed by atoms with Crippen molar-refractivity contribution in [3.63, 3.8) is 0 Å². The Bertz CT molecular complexity index is 1190. The van der Waals surface area contributed by atoms with Gasteiger partial charge in [0.05, 0.1) is 11.6 Å². The number of nitrogens with zero attached hydrogens (tertiary/aromatic N) is 1. The lowest BCUT2D eigenvalue weighted by molar-refractivity contribution is -0.122. The number of anilines is 1. The van der Waals surface area contributed by atoms with Crippen LogP contribution < -0.4 is 10.1 Å². The number of carbonyl (C=O) groups excluding carboxylic acids is 1. The van der Waals surface area contributed by atoms with E-state index in [1.54, 1.807) is 37.3 Å². The van der Waals surface area contributed by atoms with E-state index in [-0.39, 0.29) is 5.91 Å². The van der Waals surface area contributed by atoms with Gasteiger partial charge in [0, 0.05) is 16.5 Å². The van der Waals surface area contributed by atoms with E-state index < -0.39 is 6.10 Å². The fourth-order valence-electron chi connectivity index (χ4n) is 2.95. The number of benzene rings is 3. The Balaban J connectivity index is 1.53. The van der Waals surface area contributed by atoms with Gasteiger partial charge in [-0.2, -0.15) is 5.26 Å². The van der Waals surface area contributed by atoms with Gasteiger partial charge >= 0.3 is 0 Å². The van der Waals surface area contributed by atoms with Gasteiger partial charge in [0.25, 0.3) is 5.91 Å². The van der Waals surface area contributed by atoms with Gasteiger partial charge in [-0.05, 0) is 49.4 Å². The van der Waals surface area contributed by atoms with Crippen molar-refractivity contribution in [1.82, 2.24) is 0 Å². The summed E-state index contributed by atoms with van der Waals surface area (Å²) in [6.45, 7) is 1.68. The van der Waals surface area contributed by atoms with Gasteiger partial charge in [-0.1, -0.05) is 24.3 Å². The molecule has 0 aliphatic rings. The highest BCUT2D eigenvalue weighted by molar-refractivity contribution is 6.05. The van der Waals surface area contributed by atoms with E-state index in [1.165, 1.54) is 0 Å². The summed E-state index contributed by atoms with van der Waals surface area (Å²) < 4.78 is 11.6. The zero-order valence-electron chi connectivity index (χ0n) is 14.6. The number of nitrogens with one attached hydrogen (secondary N) is 1. The number of nitriles is 1. The monoisotopic (exact) mass is 356 g/mol. The second-order valence-electron chi connectivity index (χ2n) is 6.20. The summed E-state index contributed by atoms with van der Waals surface area (Å²) in [7, 11) is 0. The zero-order valence-corrected chi connectivity index (χ0v) is 14.6. The second kappa shape index (κ2) is 6.85. The molecule has 3 aromatic carbocycles. The predicted molar refractivity (Wildman–Crippen MR) is 104 cm³/mol. The van der Waals surface area contributed by atoms with Crippen molar-refractivity contribution < 1.29 is 13.9 Å². The van der Waals surface area contributed by atoms with Crippen molar-refractivity contribution >= 4 is 33.5 Å². The van der Waals surface area contributed by atoms with Crippen molar-refractivity contribution in [3.05, 3.63) is 72.3 Å². The first-order valence-corrected chi connectivity index (χ1v) is 8.53. The molecule has 0 spiro atoms. The predicted octanol–water partition coefficient (Wildman–Crippen LogP) is 4.86. The fraction of sp³-hybridized carbons (Fsp3) is 0.0909. The van der Waals surface area contributed by atoms with E-state index in [0.717, 1.165) is 21.9 Å². The summed E-state index contributed by atoms with van der Waals surface area (Å²) in [6.07, 6.45) is -0.702. The average Bonchev–Trinajstić information content (AvgIpc) is 3.06. The minimum Gasteiger partial charge on any atom is -0.481 e. The largest absolute Gasteiger partial charge is 0.481 e. The molecule has 1 amide bonds. The molecule has 4 rings (SSSR count). The van der Waals surface area contributed by atoms with Crippen LogP contribution in [0.25, 0.3) is 21.9 Å². The molecule has 1 atom stereocenters. The number of hydrogen-bond acceptors (Lipinski definition) is 4. The lowest BCUT2D eigenvalue weighted by Crippen LogP contribution is -2.30. The van der Waals surface area contributed by atoms with Gasteiger partial charge in [-0.15, -0.1) is 0 Å². The number of amides is 1. The van der Waals surface area contributed by atoms with Crippen LogP contribution in [0.4, 0.5) is 5.69 Å². The third kappa shape index (κ3) is 3.33. The Morgan fingerprint density at radius 3 is 2.70 bits per heavy atom. The van der Waals surface area contributed by atoms with Gasteiger partial charge in [0.15, 0.2) is 6.10 Å². The maximum absolute atomic E-state index is 12.4. The third-order valence-corrected chi connectivity index (χ3v) is 4.29. The summed E-state index contributed by atoms with van der Waals surface area (Å²) in [5.74, 6) is 0.296. The molecule has 0 aliphatic heterocycles. The molecule has 4 aromatic rings. The molecule has 132 valence electrons. The molecule has 0 saturated heterocycles. The quantitative estimate of drug-likeness (QED) is 0.566. The minimum absolute atomic E-state index is 0.290. The molecule has 27 heavy (non-hydrogen) atoms. The van der Waals surface area contributed by atoms with E-state index in [2.05, 4.69) is 5.32 Å². The van der Waals surface area contributed by atoms with E-state index in [0.29, 0.717) is 17.0 Å². The SMILES string of the molecule is C[C@@H](Oc1ccc2oc3ccccc3c2c1)C(=O)Nc1cccc(C#N)c1. The van der Waals surface area contributed by atoms with Crippen LogP contribution in [-0.4, -0.2) is 12.0 Å². The molecule has 1 aromatic heterocycles. The number of rotatable bonds is 4. The Labute approximate surface area is 155 Å². The van der Waals surface area contributed by atoms with E-state index >= 15 is 0 Å². The van der Waals surface area contributed by atoms with Crippen LogP contribution in [0.1, 0.15) is 12.5 Å². The maximum atomic E-state index is 12.4. The smallest absolute Gasteiger partial charge is 0.265 e. The van der Waals surface area contributed by atoms with Gasteiger partial charge < -0.3 is 14.5 Å². The van der Waals surface area contributed by atoms with E-state index in [9.17, 15) is 4.79 Å². The molecule has 0 fully saturated rings. The van der Waals surface area contributed by atoms with Crippen LogP contribution >= 0.6 is 0 Å². The molecule has 5 heteroatoms. The third-order valence-electron chi connectivity index (χ3n) is 4.29. The van der Waals surface area contributed by atoms with Crippen LogP contribution in [-0.2, 0) is 4.79 Å². The number of para-hydroxylation sites is 1. The summed E-state index contributed by atoms with van der Waals surface area (Å²) >= 11 is 0. The Hall–Kier alpha value is -3.78. The molecule has 0 aliphatic carbocycles. The Morgan fingerprint density at radius 1 is 1.04 bits per heavy atom. The van der Waals surface area contributed by atoms with Crippen LogP contribution in [0.2, 0.25) is 0 Å². The van der Waals surface area contributed by atoms with Gasteiger partial charge in [-0.3, -0.25) is 4.79 Å². The minimum atomic E-state index is -0.702. The zero-order chi connectivity index (χ0) is 18.8. The first-order chi connectivity index (χ1) is 13.1. The van der Waals surface area contributed by atoms with Crippen molar-refractivity contribution in [2.45, 2.75) is 13.0 Å². The molecule has 0 bridgehead atoms. The van der Waals surface area contributed by atoms with Crippen molar-refractivity contribution in [2.24, 2.45) is 0 Å². The molecular weight excluding hydrogens is 340 g/mol. The lowest BCUT2D eigenvalue weighted by Gasteiger charge is -2.15. The molecule has 0 radical (unpaired) electrons. The van der Waals surface area contributed by atoms with Crippen LogP contribution in [0.5, 0.6) is 5.75 Å². The highest BCUT2D eigenvalue weighted by Gasteiger charge is 2.16. The van der Waals surface area contributed by atoms with Gasteiger partial charge in [0.2, 0.25) is 0 Å². The summed E-state index contributed by atoms with van der Waals surface area (Å²) in [4.78, 5) is 12.4. The topological polar surface area (TPSA) is 75.3 Å². The van der Waals surface area contributed by atoms with Gasteiger partial charge in [-0.25, -0.2) is 0 Å². The normalized spacial score (nSPS) is 11.9. The lowest BCUT2D eigenvalue weighted by atomic mass is 10.1. The van der Waals surface area contributed by atoms with Crippen molar-refractivity contribution in [1.29, 1.82) is 5.26 Å². The average molecular weight is 356 g/mol. The van der Waals surface area contributed by atoms with E-state index in [4.69, 9.17) is 14.4 Å². The Morgan fingerprint density at radius 2 is 1.85 bits per heavy atom. The van der Waals surface area contributed by atoms with E-state index in [1.807, 2.05) is 42.5 Å². The van der Waals surface area contributed by atoms with Crippen LogP contribution in [0, 0.1) is 11.3 Å². The first kappa shape index (κ1) is 16.7. The standard InChI is InChI=1S/C22H16N2O3/c1-14(22(25)24-16-6-4-5-15(11-16)13-23)26-17-9-10-21-19(12-17)18-7-2-3-8-20(18)27-21/h2-12,14H,1H3,(H,24,25)/t14-/m1/s1. The van der Waals surface area contributed by atoms with Crippen LogP contribution in [0.3, 0.4) is 0 Å². The van der Waals surface area contributed by atoms with Crippen molar-refractivity contribution in [3.8, 4) is 11.8 Å². The number of fused-ring (bicyclic) bond motifs is 3.